The molecule has 2 aromatic rings. The van der Waals surface area contributed by atoms with Crippen LogP contribution in [0.15, 0.2) is 29.0 Å². The maximum absolute atomic E-state index is 10.6. The summed E-state index contributed by atoms with van der Waals surface area (Å²) < 4.78 is 2.92. The minimum Gasteiger partial charge on any atom is -0.385 e. The van der Waals surface area contributed by atoms with Gasteiger partial charge >= 0.3 is 0 Å². The van der Waals surface area contributed by atoms with Crippen molar-refractivity contribution in [3.8, 4) is 0 Å². The summed E-state index contributed by atoms with van der Waals surface area (Å²) in [6.07, 6.45) is 5.15. The molecule has 2 unspecified atom stereocenters. The molecule has 0 aliphatic carbocycles. The molecule has 1 fully saturated rings. The lowest BCUT2D eigenvalue weighted by Crippen LogP contribution is -2.38. The highest BCUT2D eigenvalue weighted by atomic mass is 79.9. The van der Waals surface area contributed by atoms with Crippen LogP contribution in [-0.2, 0) is 7.05 Å². The van der Waals surface area contributed by atoms with Crippen molar-refractivity contribution in [3.63, 3.8) is 0 Å². The average molecular weight is 365 g/mol. The van der Waals surface area contributed by atoms with Gasteiger partial charge in [-0.05, 0) is 47.8 Å². The van der Waals surface area contributed by atoms with E-state index in [1.54, 1.807) is 6.20 Å². The van der Waals surface area contributed by atoms with E-state index in [1.807, 2.05) is 36.9 Å². The number of hydrogen-bond acceptors (Lipinski definition) is 4. The van der Waals surface area contributed by atoms with Crippen molar-refractivity contribution in [2.75, 3.05) is 18.0 Å². The Kier molecular flexibility index (Phi) is 4.49. The van der Waals surface area contributed by atoms with E-state index < -0.39 is 6.10 Å². The molecule has 0 aromatic carbocycles. The molecule has 118 valence electrons. The van der Waals surface area contributed by atoms with E-state index in [0.29, 0.717) is 0 Å². The molecule has 2 aromatic heterocycles. The molecule has 3 heterocycles. The number of aliphatic hydroxyl groups is 1. The van der Waals surface area contributed by atoms with Crippen molar-refractivity contribution >= 4 is 21.7 Å². The van der Waals surface area contributed by atoms with Crippen LogP contribution in [-0.4, -0.2) is 32.7 Å². The van der Waals surface area contributed by atoms with Crippen LogP contribution in [0.3, 0.4) is 0 Å². The summed E-state index contributed by atoms with van der Waals surface area (Å²) in [5.74, 6) is 1.91. The highest BCUT2D eigenvalue weighted by molar-refractivity contribution is 9.10. The Morgan fingerprint density at radius 2 is 2.23 bits per heavy atom. The molecule has 1 N–H and O–H groups in total. The smallest absolute Gasteiger partial charge is 0.137 e. The van der Waals surface area contributed by atoms with Crippen molar-refractivity contribution in [1.29, 1.82) is 0 Å². The lowest BCUT2D eigenvalue weighted by atomic mass is 9.92. The zero-order chi connectivity index (χ0) is 15.7. The molecule has 5 nitrogen and oxygen atoms in total. The van der Waals surface area contributed by atoms with Crippen LogP contribution in [0.1, 0.15) is 30.5 Å². The lowest BCUT2D eigenvalue weighted by Gasteiger charge is -2.35. The van der Waals surface area contributed by atoms with E-state index >= 15 is 0 Å². The quantitative estimate of drug-likeness (QED) is 0.909. The number of piperidine rings is 1. The Hall–Kier alpha value is -1.40. The maximum Gasteiger partial charge on any atom is 0.137 e. The number of imidazole rings is 1. The van der Waals surface area contributed by atoms with E-state index in [2.05, 4.69) is 30.8 Å². The third-order valence-electron chi connectivity index (χ3n) is 4.36. The minimum atomic E-state index is -0.528. The van der Waals surface area contributed by atoms with E-state index in [9.17, 15) is 5.11 Å². The van der Waals surface area contributed by atoms with Crippen LogP contribution < -0.4 is 4.90 Å². The third kappa shape index (κ3) is 3.03. The van der Waals surface area contributed by atoms with Gasteiger partial charge in [0, 0.05) is 42.9 Å². The highest BCUT2D eigenvalue weighted by Gasteiger charge is 2.29. The fourth-order valence-corrected chi connectivity index (χ4v) is 3.28. The summed E-state index contributed by atoms with van der Waals surface area (Å²) in [6, 6.07) is 4.07. The minimum absolute atomic E-state index is 0.181. The molecule has 0 radical (unpaired) electrons. The molecule has 1 aliphatic rings. The molecule has 0 bridgehead atoms. The Bertz CT molecular complexity index is 657. The second kappa shape index (κ2) is 6.38. The van der Waals surface area contributed by atoms with E-state index in [4.69, 9.17) is 0 Å². The van der Waals surface area contributed by atoms with Crippen molar-refractivity contribution < 1.29 is 5.11 Å². The molecule has 22 heavy (non-hydrogen) atoms. The van der Waals surface area contributed by atoms with Crippen molar-refractivity contribution in [1.82, 2.24) is 14.5 Å². The van der Waals surface area contributed by atoms with Gasteiger partial charge < -0.3 is 14.6 Å². The van der Waals surface area contributed by atoms with Crippen molar-refractivity contribution in [2.45, 2.75) is 25.9 Å². The monoisotopic (exact) mass is 364 g/mol. The van der Waals surface area contributed by atoms with E-state index in [0.717, 1.165) is 47.7 Å². The van der Waals surface area contributed by atoms with Crippen molar-refractivity contribution in [3.05, 3.63) is 40.5 Å². The first kappa shape index (κ1) is 15.5. The molecule has 6 heteroatoms. The lowest BCUT2D eigenvalue weighted by molar-refractivity contribution is 0.0873. The molecule has 2 atom stereocenters. The molecular weight excluding hydrogens is 344 g/mol. The largest absolute Gasteiger partial charge is 0.385 e. The second-order valence-corrected chi connectivity index (χ2v) is 6.78. The maximum atomic E-state index is 10.6. The third-order valence-corrected chi connectivity index (χ3v) is 5.20. The van der Waals surface area contributed by atoms with Gasteiger partial charge in [-0.1, -0.05) is 0 Å². The number of anilines is 1. The predicted octanol–water partition coefficient (Wildman–Crippen LogP) is 2.84. The fraction of sp³-hybridized carbons (Fsp3) is 0.500. The number of aliphatic hydroxyl groups excluding tert-OH is 1. The number of hydrogen-bond donors (Lipinski definition) is 1. The summed E-state index contributed by atoms with van der Waals surface area (Å²) in [5.41, 5.74) is 0.990. The Morgan fingerprint density at radius 3 is 2.91 bits per heavy atom. The zero-order valence-electron chi connectivity index (χ0n) is 12.9. The standard InChI is InChI=1S/C16H21BrN4O/c1-11-13(17)5-6-14(19-11)21-8-3-4-12(10-21)15(22)16-18-7-9-20(16)2/h5-7,9,12,15,22H,3-4,8,10H2,1-2H3. The highest BCUT2D eigenvalue weighted by Crippen LogP contribution is 2.31. The van der Waals surface area contributed by atoms with Crippen LogP contribution in [0, 0.1) is 12.8 Å². The van der Waals surface area contributed by atoms with Gasteiger partial charge in [0.05, 0.1) is 5.69 Å². The number of nitrogens with zero attached hydrogens (tertiary/aromatic N) is 4. The fourth-order valence-electron chi connectivity index (χ4n) is 3.06. The van der Waals surface area contributed by atoms with Crippen LogP contribution in [0.5, 0.6) is 0 Å². The SMILES string of the molecule is Cc1nc(N2CCCC(C(O)c3nccn3C)C2)ccc1Br. The number of halogens is 1. The van der Waals surface area contributed by atoms with Gasteiger partial charge in [0.15, 0.2) is 0 Å². The molecule has 3 rings (SSSR count). The van der Waals surface area contributed by atoms with Crippen molar-refractivity contribution in [2.24, 2.45) is 13.0 Å². The topological polar surface area (TPSA) is 54.2 Å². The van der Waals surface area contributed by atoms with E-state index in [1.165, 1.54) is 0 Å². The molecule has 1 aliphatic heterocycles. The number of pyridine rings is 1. The summed E-state index contributed by atoms with van der Waals surface area (Å²) in [7, 11) is 1.92. The van der Waals surface area contributed by atoms with Gasteiger partial charge in [-0.25, -0.2) is 9.97 Å². The van der Waals surface area contributed by atoms with Gasteiger partial charge in [0.2, 0.25) is 0 Å². The Morgan fingerprint density at radius 1 is 1.41 bits per heavy atom. The normalized spacial score (nSPS) is 20.2. The van der Waals surface area contributed by atoms with Crippen LogP contribution in [0.2, 0.25) is 0 Å². The van der Waals surface area contributed by atoms with Gasteiger partial charge in [-0.3, -0.25) is 0 Å². The van der Waals surface area contributed by atoms with Gasteiger partial charge in [0.25, 0.3) is 0 Å². The number of rotatable bonds is 3. The Labute approximate surface area is 139 Å². The molecule has 0 amide bonds. The van der Waals surface area contributed by atoms with Gasteiger partial charge in [-0.15, -0.1) is 0 Å². The predicted molar refractivity (Wildman–Crippen MR) is 89.8 cm³/mol. The van der Waals surface area contributed by atoms with Crippen LogP contribution in [0.4, 0.5) is 5.82 Å². The Balaban J connectivity index is 1.76. The average Bonchev–Trinajstić information content (AvgIpc) is 2.95. The number of aryl methyl sites for hydroxylation is 2. The first-order valence-electron chi connectivity index (χ1n) is 7.59. The summed E-state index contributed by atoms with van der Waals surface area (Å²) >= 11 is 3.49. The van der Waals surface area contributed by atoms with Gasteiger partial charge in [0.1, 0.15) is 17.7 Å². The van der Waals surface area contributed by atoms with E-state index in [-0.39, 0.29) is 5.92 Å². The van der Waals surface area contributed by atoms with Gasteiger partial charge in [-0.2, -0.15) is 0 Å². The first-order valence-corrected chi connectivity index (χ1v) is 8.39. The zero-order valence-corrected chi connectivity index (χ0v) is 14.5. The molecule has 0 saturated carbocycles. The van der Waals surface area contributed by atoms with Crippen LogP contribution in [0.25, 0.3) is 0 Å². The summed E-state index contributed by atoms with van der Waals surface area (Å²) in [5, 5.41) is 10.6. The first-order chi connectivity index (χ1) is 10.6. The summed E-state index contributed by atoms with van der Waals surface area (Å²) in [6.45, 7) is 3.79. The summed E-state index contributed by atoms with van der Waals surface area (Å²) in [4.78, 5) is 11.2. The molecule has 0 spiro atoms. The number of aromatic nitrogens is 3. The molecular formula is C16H21BrN4O. The second-order valence-electron chi connectivity index (χ2n) is 5.93. The van der Waals surface area contributed by atoms with Crippen LogP contribution >= 0.6 is 15.9 Å². The molecule has 1 saturated heterocycles.